The zero-order chi connectivity index (χ0) is 14.5. The van der Waals surface area contributed by atoms with Gasteiger partial charge in [0.05, 0.1) is 12.7 Å². The van der Waals surface area contributed by atoms with E-state index in [1.54, 1.807) is 4.90 Å². The first-order chi connectivity index (χ1) is 8.83. The average Bonchev–Trinajstić information content (AvgIpc) is 2.85. The van der Waals surface area contributed by atoms with Crippen molar-refractivity contribution in [1.82, 2.24) is 4.90 Å². The Morgan fingerprint density at radius 3 is 2.26 bits per heavy atom. The molecule has 1 fully saturated rings. The number of esters is 1. The summed E-state index contributed by atoms with van der Waals surface area (Å²) in [5.74, 6) is -0.511. The van der Waals surface area contributed by atoms with E-state index in [0.717, 1.165) is 25.7 Å². The molecule has 5 heteroatoms. The minimum atomic E-state index is -0.379. The summed E-state index contributed by atoms with van der Waals surface area (Å²) in [6, 6.07) is 0.148. The Labute approximate surface area is 115 Å². The molecule has 0 unspecified atom stereocenters. The summed E-state index contributed by atoms with van der Waals surface area (Å²) in [6.07, 6.45) is 4.13. The first kappa shape index (κ1) is 16.0. The SMILES string of the molecule is COC(=O)CN(C(=O)COC(C)(C)C)C1CCCC1. The van der Waals surface area contributed by atoms with Crippen molar-refractivity contribution in [2.75, 3.05) is 20.3 Å². The predicted octanol–water partition coefficient (Wildman–Crippen LogP) is 1.75. The average molecular weight is 271 g/mol. The molecule has 1 saturated carbocycles. The molecule has 5 nitrogen and oxygen atoms in total. The standard InChI is InChI=1S/C14H25NO4/c1-14(2,3)19-10-12(16)15(9-13(17)18-4)11-7-5-6-8-11/h11H,5-10H2,1-4H3. The van der Waals surface area contributed by atoms with Crippen LogP contribution in [0.1, 0.15) is 46.5 Å². The highest BCUT2D eigenvalue weighted by Gasteiger charge is 2.29. The third kappa shape index (κ3) is 5.59. The van der Waals surface area contributed by atoms with Crippen LogP contribution in [-0.4, -0.2) is 48.7 Å². The topological polar surface area (TPSA) is 55.8 Å². The van der Waals surface area contributed by atoms with Crippen LogP contribution in [0.2, 0.25) is 0 Å². The molecule has 0 spiro atoms. The minimum absolute atomic E-state index is 0.0109. The molecule has 1 aliphatic carbocycles. The highest BCUT2D eigenvalue weighted by molar-refractivity contribution is 5.83. The molecule has 0 aliphatic heterocycles. The Bertz CT molecular complexity index is 316. The number of nitrogens with zero attached hydrogens (tertiary/aromatic N) is 1. The minimum Gasteiger partial charge on any atom is -0.468 e. The molecule has 19 heavy (non-hydrogen) atoms. The van der Waals surface area contributed by atoms with Crippen LogP contribution in [0, 0.1) is 0 Å². The quantitative estimate of drug-likeness (QED) is 0.715. The number of amides is 1. The number of rotatable bonds is 5. The highest BCUT2D eigenvalue weighted by atomic mass is 16.5. The van der Waals surface area contributed by atoms with Crippen LogP contribution in [0.4, 0.5) is 0 Å². The maximum atomic E-state index is 12.2. The Kier molecular flexibility index (Phi) is 5.79. The van der Waals surface area contributed by atoms with Crippen molar-refractivity contribution in [2.24, 2.45) is 0 Å². The second-order valence-corrected chi connectivity index (χ2v) is 5.94. The summed E-state index contributed by atoms with van der Waals surface area (Å²) < 4.78 is 10.2. The van der Waals surface area contributed by atoms with Crippen LogP contribution < -0.4 is 0 Å². The lowest BCUT2D eigenvalue weighted by atomic mass is 10.2. The fourth-order valence-electron chi connectivity index (χ4n) is 2.20. The molecule has 1 amide bonds. The zero-order valence-electron chi connectivity index (χ0n) is 12.4. The van der Waals surface area contributed by atoms with Gasteiger partial charge in [0.1, 0.15) is 13.2 Å². The second kappa shape index (κ2) is 6.89. The lowest BCUT2D eigenvalue weighted by Gasteiger charge is -2.29. The molecule has 0 bridgehead atoms. The van der Waals surface area contributed by atoms with Gasteiger partial charge in [-0.15, -0.1) is 0 Å². The van der Waals surface area contributed by atoms with E-state index in [1.165, 1.54) is 7.11 Å². The number of ether oxygens (including phenoxy) is 2. The van der Waals surface area contributed by atoms with Gasteiger partial charge in [-0.3, -0.25) is 9.59 Å². The summed E-state index contributed by atoms with van der Waals surface area (Å²) in [5.41, 5.74) is -0.359. The second-order valence-electron chi connectivity index (χ2n) is 5.94. The van der Waals surface area contributed by atoms with Gasteiger partial charge >= 0.3 is 5.97 Å². The summed E-state index contributed by atoms with van der Waals surface area (Å²) in [7, 11) is 1.34. The first-order valence-corrected chi connectivity index (χ1v) is 6.84. The molecule has 0 radical (unpaired) electrons. The Morgan fingerprint density at radius 1 is 1.21 bits per heavy atom. The van der Waals surface area contributed by atoms with Crippen LogP contribution in [-0.2, 0) is 19.1 Å². The van der Waals surface area contributed by atoms with Crippen LogP contribution in [0.25, 0.3) is 0 Å². The van der Waals surface area contributed by atoms with E-state index in [1.807, 2.05) is 20.8 Å². The summed E-state index contributed by atoms with van der Waals surface area (Å²) in [6.45, 7) is 5.74. The molecule has 1 aliphatic rings. The highest BCUT2D eigenvalue weighted by Crippen LogP contribution is 2.23. The lowest BCUT2D eigenvalue weighted by molar-refractivity contribution is -0.152. The van der Waals surface area contributed by atoms with Gasteiger partial charge in [0.25, 0.3) is 0 Å². The molecule has 110 valence electrons. The maximum Gasteiger partial charge on any atom is 0.325 e. The van der Waals surface area contributed by atoms with Gasteiger partial charge < -0.3 is 14.4 Å². The van der Waals surface area contributed by atoms with Gasteiger partial charge in [-0.05, 0) is 33.6 Å². The van der Waals surface area contributed by atoms with Crippen molar-refractivity contribution in [1.29, 1.82) is 0 Å². The largest absolute Gasteiger partial charge is 0.468 e. The van der Waals surface area contributed by atoms with Gasteiger partial charge in [-0.25, -0.2) is 0 Å². The first-order valence-electron chi connectivity index (χ1n) is 6.84. The van der Waals surface area contributed by atoms with E-state index in [4.69, 9.17) is 4.74 Å². The van der Waals surface area contributed by atoms with E-state index < -0.39 is 0 Å². The molecule has 0 aromatic heterocycles. The van der Waals surface area contributed by atoms with Crippen molar-refractivity contribution in [3.8, 4) is 0 Å². The zero-order valence-corrected chi connectivity index (χ0v) is 12.4. The van der Waals surface area contributed by atoms with Gasteiger partial charge in [-0.1, -0.05) is 12.8 Å². The van der Waals surface area contributed by atoms with Crippen molar-refractivity contribution < 1.29 is 19.1 Å². The maximum absolute atomic E-state index is 12.2. The van der Waals surface area contributed by atoms with E-state index in [2.05, 4.69) is 4.74 Å². The number of methoxy groups -OCH3 is 1. The van der Waals surface area contributed by atoms with Crippen LogP contribution in [0.15, 0.2) is 0 Å². The summed E-state index contributed by atoms with van der Waals surface area (Å²) in [5, 5.41) is 0. The van der Waals surface area contributed by atoms with E-state index in [9.17, 15) is 9.59 Å². The van der Waals surface area contributed by atoms with Crippen molar-refractivity contribution in [3.63, 3.8) is 0 Å². The number of hydrogen-bond donors (Lipinski definition) is 0. The number of carbonyl (C=O) groups excluding carboxylic acids is 2. The fraction of sp³-hybridized carbons (Fsp3) is 0.857. The monoisotopic (exact) mass is 271 g/mol. The molecule has 0 N–H and O–H groups in total. The van der Waals surface area contributed by atoms with Crippen molar-refractivity contribution in [3.05, 3.63) is 0 Å². The van der Waals surface area contributed by atoms with Gasteiger partial charge in [0, 0.05) is 6.04 Å². The third-order valence-electron chi connectivity index (χ3n) is 3.24. The van der Waals surface area contributed by atoms with Crippen molar-refractivity contribution >= 4 is 11.9 Å². The smallest absolute Gasteiger partial charge is 0.325 e. The van der Waals surface area contributed by atoms with E-state index in [0.29, 0.717) is 0 Å². The molecule has 0 atom stereocenters. The molecular formula is C14H25NO4. The van der Waals surface area contributed by atoms with Crippen LogP contribution in [0.3, 0.4) is 0 Å². The Morgan fingerprint density at radius 2 is 1.79 bits per heavy atom. The van der Waals surface area contributed by atoms with E-state index in [-0.39, 0.29) is 36.7 Å². The Balaban J connectivity index is 2.61. The van der Waals surface area contributed by atoms with Gasteiger partial charge in [0.2, 0.25) is 5.91 Å². The fourth-order valence-corrected chi connectivity index (χ4v) is 2.20. The number of hydrogen-bond acceptors (Lipinski definition) is 4. The van der Waals surface area contributed by atoms with Crippen LogP contribution >= 0.6 is 0 Å². The lowest BCUT2D eigenvalue weighted by Crippen LogP contribution is -2.45. The molecule has 1 rings (SSSR count). The number of carbonyl (C=O) groups is 2. The molecule has 0 aromatic carbocycles. The molecule has 0 aromatic rings. The van der Waals surface area contributed by atoms with Gasteiger partial charge in [-0.2, -0.15) is 0 Å². The van der Waals surface area contributed by atoms with Crippen LogP contribution in [0.5, 0.6) is 0 Å². The predicted molar refractivity (Wildman–Crippen MR) is 71.7 cm³/mol. The Hall–Kier alpha value is -1.10. The normalized spacial score (nSPS) is 16.4. The molecule has 0 saturated heterocycles. The van der Waals surface area contributed by atoms with E-state index >= 15 is 0 Å². The van der Waals surface area contributed by atoms with Gasteiger partial charge in [0.15, 0.2) is 0 Å². The summed E-state index contributed by atoms with van der Waals surface area (Å²) >= 11 is 0. The molecular weight excluding hydrogens is 246 g/mol. The third-order valence-corrected chi connectivity index (χ3v) is 3.24. The van der Waals surface area contributed by atoms with Crippen molar-refractivity contribution in [2.45, 2.75) is 58.1 Å². The molecule has 0 heterocycles. The summed E-state index contributed by atoms with van der Waals surface area (Å²) in [4.78, 5) is 25.3.